The van der Waals surface area contributed by atoms with E-state index in [4.69, 9.17) is 0 Å². The van der Waals surface area contributed by atoms with Gasteiger partial charge in [-0.05, 0) is 56.2 Å². The average Bonchev–Trinajstić information content (AvgIpc) is 2.50. The number of aromatic nitrogens is 1. The normalized spacial score (nSPS) is 10.9. The zero-order valence-corrected chi connectivity index (χ0v) is 13.1. The van der Waals surface area contributed by atoms with Crippen molar-refractivity contribution in [1.82, 2.24) is 9.88 Å². The molecule has 0 bridgehead atoms. The molecule has 21 heavy (non-hydrogen) atoms. The number of hydrogen-bond donors (Lipinski definition) is 1. The number of pyridine rings is 1. The van der Waals surface area contributed by atoms with Gasteiger partial charge in [0, 0.05) is 25.5 Å². The topological polar surface area (TPSA) is 40.5 Å². The van der Waals surface area contributed by atoms with Gasteiger partial charge in [0.25, 0.3) is 0 Å². The van der Waals surface area contributed by atoms with E-state index in [-0.39, 0.29) is 0 Å². The van der Waals surface area contributed by atoms with Crippen molar-refractivity contribution in [1.29, 1.82) is 0 Å². The van der Waals surface area contributed by atoms with Crippen molar-refractivity contribution in [2.45, 2.75) is 20.8 Å². The molecule has 1 N–H and O–H groups in total. The zero-order valence-electron chi connectivity index (χ0n) is 13.1. The van der Waals surface area contributed by atoms with Gasteiger partial charge in [-0.25, -0.2) is 9.98 Å². The Morgan fingerprint density at radius 1 is 1.24 bits per heavy atom. The van der Waals surface area contributed by atoms with Crippen LogP contribution in [0, 0.1) is 13.8 Å². The van der Waals surface area contributed by atoms with Gasteiger partial charge >= 0.3 is 0 Å². The van der Waals surface area contributed by atoms with Crippen molar-refractivity contribution in [3.8, 4) is 0 Å². The van der Waals surface area contributed by atoms with Crippen LogP contribution in [0.5, 0.6) is 0 Å². The molecule has 0 radical (unpaired) electrons. The maximum Gasteiger partial charge on any atom is 0.130 e. The van der Waals surface area contributed by atoms with Gasteiger partial charge in [-0.15, -0.1) is 0 Å². The van der Waals surface area contributed by atoms with Crippen LogP contribution in [0.2, 0.25) is 0 Å². The first-order valence-electron chi connectivity index (χ1n) is 7.14. The Bertz CT molecular complexity index is 620. The van der Waals surface area contributed by atoms with Crippen molar-refractivity contribution in [3.63, 3.8) is 0 Å². The van der Waals surface area contributed by atoms with Crippen LogP contribution < -0.4 is 5.32 Å². The largest absolute Gasteiger partial charge is 0.366 e. The molecule has 0 saturated heterocycles. The molecule has 0 aliphatic rings. The van der Waals surface area contributed by atoms with Crippen LogP contribution >= 0.6 is 0 Å². The van der Waals surface area contributed by atoms with Gasteiger partial charge in [0.2, 0.25) is 0 Å². The van der Waals surface area contributed by atoms with Gasteiger partial charge < -0.3 is 10.2 Å². The first-order chi connectivity index (χ1) is 10.1. The van der Waals surface area contributed by atoms with Crippen LogP contribution in [0.15, 0.2) is 41.5 Å². The number of nitrogens with one attached hydrogen (secondary N) is 1. The zero-order chi connectivity index (χ0) is 15.2. The third-order valence-corrected chi connectivity index (χ3v) is 3.36. The predicted molar refractivity (Wildman–Crippen MR) is 89.9 cm³/mol. The quantitative estimate of drug-likeness (QED) is 0.664. The highest BCUT2D eigenvalue weighted by Crippen LogP contribution is 2.28. The fraction of sp³-hybridized carbons (Fsp3) is 0.294. The van der Waals surface area contributed by atoms with E-state index in [9.17, 15) is 0 Å². The number of aryl methyl sites for hydroxylation is 2. The molecule has 1 aromatic heterocycles. The fourth-order valence-corrected chi connectivity index (χ4v) is 1.89. The molecule has 2 rings (SSSR count). The van der Waals surface area contributed by atoms with E-state index in [0.29, 0.717) is 0 Å². The molecule has 110 valence electrons. The SMILES string of the molecule is CCN(C)C=Nc1cc(C)c(Nc2ccccn2)cc1C. The smallest absolute Gasteiger partial charge is 0.130 e. The maximum absolute atomic E-state index is 4.54. The van der Waals surface area contributed by atoms with E-state index in [1.54, 1.807) is 6.20 Å². The Balaban J connectivity index is 2.23. The van der Waals surface area contributed by atoms with Crippen molar-refractivity contribution in [2.24, 2.45) is 4.99 Å². The first kappa shape index (κ1) is 15.0. The second-order valence-corrected chi connectivity index (χ2v) is 5.11. The maximum atomic E-state index is 4.54. The van der Waals surface area contributed by atoms with Gasteiger partial charge in [0.05, 0.1) is 12.0 Å². The summed E-state index contributed by atoms with van der Waals surface area (Å²) in [5.74, 6) is 0.849. The van der Waals surface area contributed by atoms with Gasteiger partial charge in [-0.2, -0.15) is 0 Å². The number of nitrogens with zero attached hydrogens (tertiary/aromatic N) is 3. The second kappa shape index (κ2) is 6.88. The molecule has 0 amide bonds. The lowest BCUT2D eigenvalue weighted by molar-refractivity contribution is 0.552. The van der Waals surface area contributed by atoms with Crippen molar-refractivity contribution < 1.29 is 0 Å². The molecule has 0 spiro atoms. The highest BCUT2D eigenvalue weighted by molar-refractivity contribution is 5.69. The third-order valence-electron chi connectivity index (χ3n) is 3.36. The lowest BCUT2D eigenvalue weighted by Gasteiger charge is -2.13. The second-order valence-electron chi connectivity index (χ2n) is 5.11. The number of aliphatic imine (C=N–C) groups is 1. The molecular formula is C17H22N4. The number of rotatable bonds is 5. The standard InChI is InChI=1S/C17H22N4/c1-5-21(4)12-19-15-10-14(3)16(11-13(15)2)20-17-8-6-7-9-18-17/h6-12H,5H2,1-4H3,(H,18,20). The Hall–Kier alpha value is -2.36. The van der Waals surface area contributed by atoms with Gasteiger partial charge in [0.15, 0.2) is 0 Å². The molecule has 1 aromatic carbocycles. The summed E-state index contributed by atoms with van der Waals surface area (Å²) in [5.41, 5.74) is 4.35. The molecule has 1 heterocycles. The van der Waals surface area contributed by atoms with Crippen LogP contribution in [-0.2, 0) is 0 Å². The van der Waals surface area contributed by atoms with Crippen LogP contribution in [0.4, 0.5) is 17.2 Å². The van der Waals surface area contributed by atoms with Crippen molar-refractivity contribution in [3.05, 3.63) is 47.7 Å². The monoisotopic (exact) mass is 282 g/mol. The summed E-state index contributed by atoms with van der Waals surface area (Å²) in [5, 5.41) is 3.34. The Morgan fingerprint density at radius 2 is 2.05 bits per heavy atom. The van der Waals surface area contributed by atoms with Crippen LogP contribution in [0.25, 0.3) is 0 Å². The van der Waals surface area contributed by atoms with Crippen molar-refractivity contribution in [2.75, 3.05) is 18.9 Å². The number of benzene rings is 1. The Kier molecular flexibility index (Phi) is 4.93. The summed E-state index contributed by atoms with van der Waals surface area (Å²) < 4.78 is 0. The number of hydrogen-bond acceptors (Lipinski definition) is 3. The molecule has 4 heteroatoms. The molecule has 0 aliphatic carbocycles. The Labute approximate surface area is 126 Å². The minimum atomic E-state index is 0.849. The Morgan fingerprint density at radius 3 is 2.71 bits per heavy atom. The summed E-state index contributed by atoms with van der Waals surface area (Å²) in [6.45, 7) is 7.19. The van der Waals surface area contributed by atoms with Crippen LogP contribution in [0.1, 0.15) is 18.1 Å². The van der Waals surface area contributed by atoms with Crippen LogP contribution in [0.3, 0.4) is 0 Å². The minimum Gasteiger partial charge on any atom is -0.366 e. The van der Waals surface area contributed by atoms with E-state index < -0.39 is 0 Å². The highest BCUT2D eigenvalue weighted by atomic mass is 15.1. The van der Waals surface area contributed by atoms with Gasteiger partial charge in [-0.1, -0.05) is 6.07 Å². The van der Waals surface area contributed by atoms with Crippen molar-refractivity contribution >= 4 is 23.5 Å². The summed E-state index contributed by atoms with van der Waals surface area (Å²) >= 11 is 0. The lowest BCUT2D eigenvalue weighted by Crippen LogP contribution is -2.14. The third kappa shape index (κ3) is 4.05. The molecule has 0 saturated carbocycles. The minimum absolute atomic E-state index is 0.849. The molecular weight excluding hydrogens is 260 g/mol. The fourth-order valence-electron chi connectivity index (χ4n) is 1.89. The summed E-state index contributed by atoms with van der Waals surface area (Å²) in [6, 6.07) is 10.0. The first-order valence-corrected chi connectivity index (χ1v) is 7.14. The van der Waals surface area contributed by atoms with Crippen LogP contribution in [-0.4, -0.2) is 29.8 Å². The summed E-state index contributed by atoms with van der Waals surface area (Å²) in [7, 11) is 2.02. The molecule has 0 unspecified atom stereocenters. The van der Waals surface area contributed by atoms with Gasteiger partial charge in [0.1, 0.15) is 5.82 Å². The summed E-state index contributed by atoms with van der Waals surface area (Å²) in [6.07, 6.45) is 3.65. The molecule has 4 nitrogen and oxygen atoms in total. The van der Waals surface area contributed by atoms with E-state index in [0.717, 1.165) is 34.9 Å². The van der Waals surface area contributed by atoms with E-state index >= 15 is 0 Å². The van der Waals surface area contributed by atoms with E-state index in [1.165, 1.54) is 0 Å². The van der Waals surface area contributed by atoms with E-state index in [1.807, 2.05) is 31.6 Å². The lowest BCUT2D eigenvalue weighted by atomic mass is 10.1. The summed E-state index contributed by atoms with van der Waals surface area (Å²) in [4.78, 5) is 10.9. The average molecular weight is 282 g/mol. The molecule has 0 aliphatic heterocycles. The number of anilines is 2. The predicted octanol–water partition coefficient (Wildman–Crippen LogP) is 4.05. The molecule has 0 fully saturated rings. The van der Waals surface area contributed by atoms with E-state index in [2.05, 4.69) is 53.1 Å². The van der Waals surface area contributed by atoms with Gasteiger partial charge in [-0.3, -0.25) is 0 Å². The molecule has 2 aromatic rings. The highest BCUT2D eigenvalue weighted by Gasteiger charge is 2.04. The molecule has 0 atom stereocenters.